The highest BCUT2D eigenvalue weighted by molar-refractivity contribution is 7.91. The van der Waals surface area contributed by atoms with Gasteiger partial charge in [-0.05, 0) is 53.9 Å². The Morgan fingerprint density at radius 2 is 1.92 bits per heavy atom. The van der Waals surface area contributed by atoms with Crippen LogP contribution >= 0.6 is 0 Å². The molecule has 1 heterocycles. The van der Waals surface area contributed by atoms with Crippen molar-refractivity contribution in [2.24, 2.45) is 0 Å². The van der Waals surface area contributed by atoms with Crippen molar-refractivity contribution in [3.63, 3.8) is 0 Å². The molecule has 25 heavy (non-hydrogen) atoms. The van der Waals surface area contributed by atoms with E-state index in [-0.39, 0.29) is 16.2 Å². The molecule has 1 N–H and O–H groups in total. The van der Waals surface area contributed by atoms with Crippen LogP contribution in [-0.2, 0) is 22.8 Å². The van der Waals surface area contributed by atoms with Crippen LogP contribution < -0.4 is 4.90 Å². The number of carboxylic acids is 1. The third-order valence-electron chi connectivity index (χ3n) is 4.48. The van der Waals surface area contributed by atoms with Crippen LogP contribution in [0.15, 0.2) is 41.3 Å². The maximum atomic E-state index is 13.6. The third-order valence-corrected chi connectivity index (χ3v) is 6.23. The van der Waals surface area contributed by atoms with Crippen molar-refractivity contribution in [1.29, 1.82) is 0 Å². The van der Waals surface area contributed by atoms with Gasteiger partial charge >= 0.3 is 5.97 Å². The van der Waals surface area contributed by atoms with Crippen molar-refractivity contribution < 1.29 is 22.7 Å². The van der Waals surface area contributed by atoms with Crippen LogP contribution in [0.4, 0.5) is 10.1 Å². The monoisotopic (exact) mass is 363 g/mol. The van der Waals surface area contributed by atoms with Crippen LogP contribution in [0.25, 0.3) is 0 Å². The predicted molar refractivity (Wildman–Crippen MR) is 92.3 cm³/mol. The number of fused-ring (bicyclic) bond motifs is 1. The molecule has 0 fully saturated rings. The van der Waals surface area contributed by atoms with Crippen molar-refractivity contribution in [3.8, 4) is 0 Å². The molecule has 2 aromatic rings. The van der Waals surface area contributed by atoms with Crippen LogP contribution in [0.1, 0.15) is 28.4 Å². The fourth-order valence-corrected chi connectivity index (χ4v) is 3.95. The number of halogens is 1. The number of sulfone groups is 1. The van der Waals surface area contributed by atoms with Gasteiger partial charge < -0.3 is 10.0 Å². The first kappa shape index (κ1) is 17.4. The number of hydrogen-bond donors (Lipinski definition) is 1. The maximum absolute atomic E-state index is 13.6. The molecule has 3 rings (SSSR count). The van der Waals surface area contributed by atoms with Gasteiger partial charge in [0.2, 0.25) is 0 Å². The lowest BCUT2D eigenvalue weighted by Gasteiger charge is -2.31. The van der Waals surface area contributed by atoms with Crippen LogP contribution in [0, 0.1) is 5.82 Å². The summed E-state index contributed by atoms with van der Waals surface area (Å²) in [5.74, 6) is -1.66. The summed E-state index contributed by atoms with van der Waals surface area (Å²) >= 11 is 0. The van der Waals surface area contributed by atoms with E-state index < -0.39 is 21.6 Å². The zero-order valence-electron chi connectivity index (χ0n) is 13.7. The number of rotatable bonds is 4. The second-order valence-corrected chi connectivity index (χ2v) is 8.24. The van der Waals surface area contributed by atoms with E-state index in [9.17, 15) is 22.7 Å². The highest BCUT2D eigenvalue weighted by atomic mass is 32.2. The van der Waals surface area contributed by atoms with E-state index in [1.165, 1.54) is 6.07 Å². The van der Waals surface area contributed by atoms with Gasteiger partial charge in [-0.3, -0.25) is 0 Å². The largest absolute Gasteiger partial charge is 0.478 e. The molecule has 0 aliphatic carbocycles. The number of carboxylic acid groups (broad SMARTS) is 1. The van der Waals surface area contributed by atoms with Gasteiger partial charge in [-0.2, -0.15) is 0 Å². The summed E-state index contributed by atoms with van der Waals surface area (Å²) in [6, 6.07) is 8.99. The van der Waals surface area contributed by atoms with Crippen molar-refractivity contribution in [2.75, 3.05) is 17.2 Å². The number of benzene rings is 2. The third kappa shape index (κ3) is 3.37. The van der Waals surface area contributed by atoms with Crippen molar-refractivity contribution in [3.05, 3.63) is 58.9 Å². The number of nitrogens with zero attached hydrogens (tertiary/aromatic N) is 1. The Bertz CT molecular complexity index is 923. The van der Waals surface area contributed by atoms with Crippen LogP contribution in [0.3, 0.4) is 0 Å². The van der Waals surface area contributed by atoms with Crippen molar-refractivity contribution in [2.45, 2.75) is 24.8 Å². The zero-order chi connectivity index (χ0) is 18.2. The van der Waals surface area contributed by atoms with Crippen LogP contribution in [0.2, 0.25) is 0 Å². The van der Waals surface area contributed by atoms with E-state index in [4.69, 9.17) is 0 Å². The first-order valence-electron chi connectivity index (χ1n) is 7.94. The van der Waals surface area contributed by atoms with Crippen LogP contribution in [-0.4, -0.2) is 31.8 Å². The molecule has 1 aliphatic heterocycles. The predicted octanol–water partition coefficient (Wildman–Crippen LogP) is 2.88. The van der Waals surface area contributed by atoms with E-state index in [1.54, 1.807) is 31.2 Å². The number of hydrogen-bond acceptors (Lipinski definition) is 4. The minimum absolute atomic E-state index is 0.0233. The lowest BCUT2D eigenvalue weighted by atomic mass is 9.94. The Balaban J connectivity index is 1.92. The highest BCUT2D eigenvalue weighted by Gasteiger charge is 2.23. The Morgan fingerprint density at radius 1 is 1.24 bits per heavy atom. The van der Waals surface area contributed by atoms with Gasteiger partial charge in [-0.1, -0.05) is 6.92 Å². The summed E-state index contributed by atoms with van der Waals surface area (Å²) in [5.41, 5.74) is 2.09. The normalized spacial score (nSPS) is 14.2. The van der Waals surface area contributed by atoms with Gasteiger partial charge in [0.1, 0.15) is 5.82 Å². The smallest absolute Gasteiger partial charge is 0.336 e. The van der Waals surface area contributed by atoms with Gasteiger partial charge in [0.25, 0.3) is 0 Å². The summed E-state index contributed by atoms with van der Waals surface area (Å²) in [6.07, 6.45) is 0.530. The molecule has 132 valence electrons. The first-order chi connectivity index (χ1) is 11.8. The molecule has 0 saturated carbocycles. The van der Waals surface area contributed by atoms with Gasteiger partial charge in [0.05, 0.1) is 16.2 Å². The molecule has 7 heteroatoms. The zero-order valence-corrected chi connectivity index (χ0v) is 14.5. The highest BCUT2D eigenvalue weighted by Crippen LogP contribution is 2.28. The summed E-state index contributed by atoms with van der Waals surface area (Å²) in [5, 5.41) is 9.32. The van der Waals surface area contributed by atoms with E-state index in [1.807, 2.05) is 4.90 Å². The second kappa shape index (κ2) is 6.48. The number of carbonyl (C=O) groups is 1. The maximum Gasteiger partial charge on any atom is 0.336 e. The SMILES string of the molecule is CCS(=O)(=O)c1ccc(N2CCc3cc(F)cc(C(=O)O)c3C2)cc1. The average molecular weight is 363 g/mol. The van der Waals surface area contributed by atoms with Crippen LogP contribution in [0.5, 0.6) is 0 Å². The molecule has 2 aromatic carbocycles. The molecule has 0 spiro atoms. The fraction of sp³-hybridized carbons (Fsp3) is 0.278. The minimum atomic E-state index is -3.25. The summed E-state index contributed by atoms with van der Waals surface area (Å²) in [6.45, 7) is 2.55. The molecule has 0 aromatic heterocycles. The van der Waals surface area contributed by atoms with Crippen molar-refractivity contribution >= 4 is 21.5 Å². The van der Waals surface area contributed by atoms with Gasteiger partial charge in [0.15, 0.2) is 9.84 Å². The second-order valence-electron chi connectivity index (χ2n) is 5.97. The molecule has 0 bridgehead atoms. The van der Waals surface area contributed by atoms with E-state index >= 15 is 0 Å². The molecule has 0 radical (unpaired) electrons. The van der Waals surface area contributed by atoms with Gasteiger partial charge in [-0.15, -0.1) is 0 Å². The minimum Gasteiger partial charge on any atom is -0.478 e. The summed E-state index contributed by atoms with van der Waals surface area (Å²) < 4.78 is 37.4. The van der Waals surface area contributed by atoms with E-state index in [0.717, 1.165) is 11.8 Å². The van der Waals surface area contributed by atoms with Gasteiger partial charge in [-0.25, -0.2) is 17.6 Å². The molecule has 0 atom stereocenters. The average Bonchev–Trinajstić information content (AvgIpc) is 2.60. The lowest BCUT2D eigenvalue weighted by Crippen LogP contribution is -2.31. The van der Waals surface area contributed by atoms with E-state index in [0.29, 0.717) is 30.6 Å². The molecular weight excluding hydrogens is 345 g/mol. The van der Waals surface area contributed by atoms with Gasteiger partial charge in [0, 0.05) is 18.8 Å². The summed E-state index contributed by atoms with van der Waals surface area (Å²) in [4.78, 5) is 13.6. The Morgan fingerprint density at radius 3 is 2.52 bits per heavy atom. The molecular formula is C18H18FNO4S. The topological polar surface area (TPSA) is 74.7 Å². The molecule has 1 aliphatic rings. The number of aromatic carboxylic acids is 1. The Hall–Kier alpha value is -2.41. The Labute approximate surface area is 145 Å². The first-order valence-corrected chi connectivity index (χ1v) is 9.59. The molecule has 0 amide bonds. The molecule has 0 unspecified atom stereocenters. The standard InChI is InChI=1S/C18H18FNO4S/c1-2-25(23,24)15-5-3-14(4-6-15)20-8-7-12-9-13(19)10-16(18(21)22)17(12)11-20/h3-6,9-10H,2,7-8,11H2,1H3,(H,21,22). The Kier molecular flexibility index (Phi) is 4.51. The van der Waals surface area contributed by atoms with E-state index in [2.05, 4.69) is 0 Å². The van der Waals surface area contributed by atoms with Crippen molar-refractivity contribution in [1.82, 2.24) is 0 Å². The quantitative estimate of drug-likeness (QED) is 0.904. The number of anilines is 1. The fourth-order valence-electron chi connectivity index (χ4n) is 3.07. The lowest BCUT2D eigenvalue weighted by molar-refractivity contribution is 0.0694. The summed E-state index contributed by atoms with van der Waals surface area (Å²) in [7, 11) is -3.25. The molecule has 0 saturated heterocycles. The molecule has 5 nitrogen and oxygen atoms in total.